The van der Waals surface area contributed by atoms with Gasteiger partial charge in [0.05, 0.1) is 12.3 Å². The minimum atomic E-state index is -3.47. The predicted molar refractivity (Wildman–Crippen MR) is 135 cm³/mol. The smallest absolute Gasteiger partial charge is 0.323 e. The van der Waals surface area contributed by atoms with Gasteiger partial charge in [0.1, 0.15) is 10.6 Å². The minimum absolute atomic E-state index is 0.116. The second-order valence-electron chi connectivity index (χ2n) is 8.49. The number of aliphatic hydroxyl groups excluding tert-OH is 1. The van der Waals surface area contributed by atoms with Crippen molar-refractivity contribution >= 4 is 33.1 Å². The second kappa shape index (κ2) is 10.2. The molecular formula is C24H29N5O4S. The number of sulfone groups is 1. The highest BCUT2D eigenvalue weighted by molar-refractivity contribution is 7.91. The molecule has 3 aromatic rings. The SMILES string of the molecule is C[C@@H](CO)Nc1cc(C(C)(C)S(C)(=O)=O)nc(-c2ccc(NC(=O)Nc3ccccc3)cc2)n1. The summed E-state index contributed by atoms with van der Waals surface area (Å²) in [6, 6.07) is 16.9. The first kappa shape index (κ1) is 25.1. The lowest BCUT2D eigenvalue weighted by Gasteiger charge is -2.23. The van der Waals surface area contributed by atoms with Gasteiger partial charge in [-0.15, -0.1) is 0 Å². The van der Waals surface area contributed by atoms with Gasteiger partial charge in [0, 0.05) is 35.3 Å². The number of nitrogens with one attached hydrogen (secondary N) is 3. The number of carbonyl (C=O) groups excluding carboxylic acids is 1. The standard InChI is InChI=1S/C24H29N5O4S/c1-16(15-30)25-21-14-20(24(2,3)34(4,32)33)28-22(29-21)17-10-12-19(13-11-17)27-23(31)26-18-8-6-5-7-9-18/h5-14,16,30H,15H2,1-4H3,(H,25,28,29)(H2,26,27,31)/t16-/m0/s1. The normalized spacial score (nSPS) is 12.6. The third-order valence-electron chi connectivity index (χ3n) is 5.37. The molecule has 1 heterocycles. The van der Waals surface area contributed by atoms with Crippen molar-refractivity contribution in [2.75, 3.05) is 28.8 Å². The molecule has 0 saturated carbocycles. The first-order valence-electron chi connectivity index (χ1n) is 10.7. The number of aliphatic hydroxyl groups is 1. The summed E-state index contributed by atoms with van der Waals surface area (Å²) in [7, 11) is -3.47. The quantitative estimate of drug-likeness (QED) is 0.382. The predicted octanol–water partition coefficient (Wildman–Crippen LogP) is 3.86. The van der Waals surface area contributed by atoms with Crippen LogP contribution in [0.5, 0.6) is 0 Å². The third-order valence-corrected chi connectivity index (χ3v) is 7.43. The van der Waals surface area contributed by atoms with E-state index in [1.54, 1.807) is 63.2 Å². The zero-order valence-electron chi connectivity index (χ0n) is 19.5. The number of hydrogen-bond donors (Lipinski definition) is 4. The van der Waals surface area contributed by atoms with E-state index in [-0.39, 0.29) is 18.7 Å². The number of benzene rings is 2. The molecule has 1 atom stereocenters. The van der Waals surface area contributed by atoms with Gasteiger partial charge >= 0.3 is 6.03 Å². The summed E-state index contributed by atoms with van der Waals surface area (Å²) in [5.41, 5.74) is 2.21. The first-order valence-corrected chi connectivity index (χ1v) is 12.6. The van der Waals surface area contributed by atoms with Gasteiger partial charge in [-0.05, 0) is 57.2 Å². The van der Waals surface area contributed by atoms with Crippen molar-refractivity contribution in [2.24, 2.45) is 0 Å². The van der Waals surface area contributed by atoms with Crippen LogP contribution < -0.4 is 16.0 Å². The summed E-state index contributed by atoms with van der Waals surface area (Å²) in [6.07, 6.45) is 1.17. The number of aromatic nitrogens is 2. The van der Waals surface area contributed by atoms with Crippen LogP contribution in [0.2, 0.25) is 0 Å². The fourth-order valence-corrected chi connectivity index (χ4v) is 3.45. The van der Waals surface area contributed by atoms with Gasteiger partial charge in [0.25, 0.3) is 0 Å². The van der Waals surface area contributed by atoms with E-state index in [1.807, 2.05) is 18.2 Å². The van der Waals surface area contributed by atoms with Crippen molar-refractivity contribution in [3.63, 3.8) is 0 Å². The average Bonchev–Trinajstić information content (AvgIpc) is 2.79. The second-order valence-corrected chi connectivity index (χ2v) is 11.1. The number of rotatable bonds is 8. The number of urea groups is 1. The Morgan fingerprint density at radius 1 is 1.00 bits per heavy atom. The summed E-state index contributed by atoms with van der Waals surface area (Å²) >= 11 is 0. The van der Waals surface area contributed by atoms with Gasteiger partial charge in [-0.25, -0.2) is 23.2 Å². The Bertz CT molecular complexity index is 1250. The maximum Gasteiger partial charge on any atom is 0.323 e. The van der Waals surface area contributed by atoms with E-state index in [1.165, 1.54) is 6.26 Å². The van der Waals surface area contributed by atoms with E-state index in [0.29, 0.717) is 34.3 Å². The van der Waals surface area contributed by atoms with Crippen LogP contribution in [0.4, 0.5) is 22.0 Å². The van der Waals surface area contributed by atoms with E-state index in [4.69, 9.17) is 0 Å². The van der Waals surface area contributed by atoms with Crippen molar-refractivity contribution in [3.8, 4) is 11.4 Å². The van der Waals surface area contributed by atoms with Crippen LogP contribution in [0.25, 0.3) is 11.4 Å². The Balaban J connectivity index is 1.88. The lowest BCUT2D eigenvalue weighted by molar-refractivity contribution is 0.262. The number of amides is 2. The zero-order valence-corrected chi connectivity index (χ0v) is 20.3. The Morgan fingerprint density at radius 3 is 2.15 bits per heavy atom. The molecule has 4 N–H and O–H groups in total. The molecule has 9 nitrogen and oxygen atoms in total. The highest BCUT2D eigenvalue weighted by Gasteiger charge is 2.35. The summed E-state index contributed by atoms with van der Waals surface area (Å²) in [6.45, 7) is 4.85. The lowest BCUT2D eigenvalue weighted by Crippen LogP contribution is -2.30. The average molecular weight is 484 g/mol. The molecule has 0 unspecified atom stereocenters. The molecule has 2 aromatic carbocycles. The maximum atomic E-state index is 12.4. The molecule has 0 fully saturated rings. The van der Waals surface area contributed by atoms with E-state index in [9.17, 15) is 18.3 Å². The van der Waals surface area contributed by atoms with Crippen LogP contribution in [0.1, 0.15) is 26.5 Å². The van der Waals surface area contributed by atoms with E-state index >= 15 is 0 Å². The molecule has 34 heavy (non-hydrogen) atoms. The summed E-state index contributed by atoms with van der Waals surface area (Å²) in [5, 5.41) is 18.0. The van der Waals surface area contributed by atoms with E-state index in [2.05, 4.69) is 25.9 Å². The minimum Gasteiger partial charge on any atom is -0.394 e. The molecule has 0 aliphatic heterocycles. The lowest BCUT2D eigenvalue weighted by atomic mass is 10.1. The first-order chi connectivity index (χ1) is 16.0. The van der Waals surface area contributed by atoms with E-state index < -0.39 is 14.6 Å². The van der Waals surface area contributed by atoms with Crippen molar-refractivity contribution in [3.05, 3.63) is 66.4 Å². The van der Waals surface area contributed by atoms with Gasteiger partial charge in [0.15, 0.2) is 15.7 Å². The molecule has 180 valence electrons. The molecule has 2 amide bonds. The molecule has 3 rings (SSSR count). The fourth-order valence-electron chi connectivity index (χ4n) is 2.96. The Hall–Kier alpha value is -3.50. The maximum absolute atomic E-state index is 12.4. The van der Waals surface area contributed by atoms with Crippen LogP contribution in [-0.4, -0.2) is 48.4 Å². The van der Waals surface area contributed by atoms with Crippen molar-refractivity contribution < 1.29 is 18.3 Å². The number of para-hydroxylation sites is 1. The van der Waals surface area contributed by atoms with Crippen LogP contribution in [0, 0.1) is 0 Å². The van der Waals surface area contributed by atoms with Crippen LogP contribution in [0.15, 0.2) is 60.7 Å². The van der Waals surface area contributed by atoms with Gasteiger partial charge in [-0.2, -0.15) is 0 Å². The molecular weight excluding hydrogens is 454 g/mol. The summed E-state index contributed by atoms with van der Waals surface area (Å²) in [5.74, 6) is 0.727. The molecule has 0 saturated heterocycles. The number of nitrogens with zero attached hydrogens (tertiary/aromatic N) is 2. The topological polar surface area (TPSA) is 133 Å². The van der Waals surface area contributed by atoms with Crippen LogP contribution >= 0.6 is 0 Å². The van der Waals surface area contributed by atoms with Crippen molar-refractivity contribution in [1.29, 1.82) is 0 Å². The van der Waals surface area contributed by atoms with Crippen LogP contribution in [-0.2, 0) is 14.6 Å². The zero-order chi connectivity index (χ0) is 24.9. The van der Waals surface area contributed by atoms with Gasteiger partial charge in [-0.1, -0.05) is 18.2 Å². The van der Waals surface area contributed by atoms with Crippen molar-refractivity contribution in [2.45, 2.75) is 31.6 Å². The highest BCUT2D eigenvalue weighted by Crippen LogP contribution is 2.31. The number of carbonyl (C=O) groups is 1. The van der Waals surface area contributed by atoms with Crippen LogP contribution in [0.3, 0.4) is 0 Å². The fraction of sp³-hybridized carbons (Fsp3) is 0.292. The number of anilines is 3. The summed E-state index contributed by atoms with van der Waals surface area (Å²) in [4.78, 5) is 21.3. The molecule has 0 spiro atoms. The Kier molecular flexibility index (Phi) is 7.53. The Labute approximate surface area is 199 Å². The molecule has 0 bridgehead atoms. The molecule has 0 radical (unpaired) electrons. The largest absolute Gasteiger partial charge is 0.394 e. The van der Waals surface area contributed by atoms with Gasteiger partial charge in [0.2, 0.25) is 0 Å². The molecule has 0 aliphatic rings. The summed E-state index contributed by atoms with van der Waals surface area (Å²) < 4.78 is 23.6. The molecule has 1 aromatic heterocycles. The Morgan fingerprint density at radius 2 is 1.59 bits per heavy atom. The third kappa shape index (κ3) is 6.09. The highest BCUT2D eigenvalue weighted by atomic mass is 32.2. The molecule has 10 heteroatoms. The van der Waals surface area contributed by atoms with Crippen molar-refractivity contribution in [1.82, 2.24) is 9.97 Å². The molecule has 0 aliphatic carbocycles. The van der Waals surface area contributed by atoms with E-state index in [0.717, 1.165) is 0 Å². The monoisotopic (exact) mass is 483 g/mol. The van der Waals surface area contributed by atoms with Gasteiger partial charge in [-0.3, -0.25) is 0 Å². The van der Waals surface area contributed by atoms with Gasteiger partial charge < -0.3 is 21.1 Å². The number of hydrogen-bond acceptors (Lipinski definition) is 7.